The maximum atomic E-state index is 13.3. The molecule has 1 fully saturated rings. The Kier molecular flexibility index (Phi) is 8.79. The Morgan fingerprint density at radius 2 is 1.68 bits per heavy atom. The van der Waals surface area contributed by atoms with Gasteiger partial charge in [-0.25, -0.2) is 9.69 Å². The van der Waals surface area contributed by atoms with Crippen molar-refractivity contribution in [3.63, 3.8) is 0 Å². The largest absolute Gasteiger partial charge is 0.482 e. The predicted molar refractivity (Wildman–Crippen MR) is 153 cm³/mol. The van der Waals surface area contributed by atoms with Crippen molar-refractivity contribution in [1.29, 1.82) is 0 Å². The molecule has 4 rings (SSSR count). The van der Waals surface area contributed by atoms with Gasteiger partial charge < -0.3 is 10.1 Å². The smallest absolute Gasteiger partial charge is 0.335 e. The number of carbonyl (C=O) groups is 4. The second-order valence-electron chi connectivity index (χ2n) is 7.71. The summed E-state index contributed by atoms with van der Waals surface area (Å²) in [7, 11) is 0. The molecule has 1 aliphatic heterocycles. The highest BCUT2D eigenvalue weighted by molar-refractivity contribution is 9.11. The van der Waals surface area contributed by atoms with Gasteiger partial charge in [-0.1, -0.05) is 50.7 Å². The van der Waals surface area contributed by atoms with Crippen LogP contribution in [0.15, 0.2) is 69.1 Å². The van der Waals surface area contributed by atoms with Crippen molar-refractivity contribution in [2.24, 2.45) is 0 Å². The lowest BCUT2D eigenvalue weighted by molar-refractivity contribution is -0.122. The molecule has 3 aromatic rings. The van der Waals surface area contributed by atoms with Gasteiger partial charge in [0.2, 0.25) is 0 Å². The van der Waals surface area contributed by atoms with Gasteiger partial charge in [0.05, 0.1) is 20.2 Å². The van der Waals surface area contributed by atoms with E-state index in [1.54, 1.807) is 36.4 Å². The fraction of sp³-hybridized carbons (Fsp3) is 0.0400. The molecule has 8 nitrogen and oxygen atoms in total. The standard InChI is InChI=1S/C25H14Br2Cl3N3O5/c26-13-7-12(22(18(27)9-13)38-11-21(34)31-15-3-1-14(28)2-4-15)8-17-23(35)32-25(37)33(24(17)36)16-5-6-19(29)20(30)10-16/h1-10H,11H2,(H,31,34)(H,32,35,37)/b17-8-. The Balaban J connectivity index is 1.63. The summed E-state index contributed by atoms with van der Waals surface area (Å²) >= 11 is 24.6. The van der Waals surface area contributed by atoms with Crippen molar-refractivity contribution >= 4 is 108 Å². The second-order valence-corrected chi connectivity index (χ2v) is 10.7. The molecular weight excluding hydrogens is 688 g/mol. The Bertz CT molecular complexity index is 1510. The van der Waals surface area contributed by atoms with Crippen LogP contribution >= 0.6 is 66.7 Å². The maximum Gasteiger partial charge on any atom is 0.335 e. The normalized spacial score (nSPS) is 14.5. The number of urea groups is 1. The van der Waals surface area contributed by atoms with Crippen molar-refractivity contribution < 1.29 is 23.9 Å². The number of barbiturate groups is 1. The third-order valence-electron chi connectivity index (χ3n) is 5.08. The quantitative estimate of drug-likeness (QED) is 0.216. The number of hydrogen-bond donors (Lipinski definition) is 2. The molecule has 0 atom stereocenters. The Labute approximate surface area is 248 Å². The number of amides is 5. The molecule has 2 N–H and O–H groups in total. The summed E-state index contributed by atoms with van der Waals surface area (Å²) in [5.41, 5.74) is 0.575. The van der Waals surface area contributed by atoms with Crippen LogP contribution in [0.2, 0.25) is 15.1 Å². The molecule has 194 valence electrons. The molecule has 0 aromatic heterocycles. The molecule has 1 saturated heterocycles. The third kappa shape index (κ3) is 6.39. The summed E-state index contributed by atoms with van der Waals surface area (Å²) in [5.74, 6) is -2.06. The number of anilines is 2. The van der Waals surface area contributed by atoms with E-state index in [9.17, 15) is 19.2 Å². The van der Waals surface area contributed by atoms with Crippen LogP contribution in [0.5, 0.6) is 5.75 Å². The van der Waals surface area contributed by atoms with E-state index in [4.69, 9.17) is 39.5 Å². The fourth-order valence-electron chi connectivity index (χ4n) is 3.38. The van der Waals surface area contributed by atoms with Crippen LogP contribution < -0.4 is 20.3 Å². The van der Waals surface area contributed by atoms with Crippen LogP contribution in [0.4, 0.5) is 16.2 Å². The number of carbonyl (C=O) groups excluding carboxylic acids is 4. The van der Waals surface area contributed by atoms with Crippen molar-refractivity contribution in [3.8, 4) is 5.75 Å². The van der Waals surface area contributed by atoms with Crippen molar-refractivity contribution in [3.05, 3.63) is 89.7 Å². The van der Waals surface area contributed by atoms with Gasteiger partial charge in [0.1, 0.15) is 11.3 Å². The minimum atomic E-state index is -0.943. The summed E-state index contributed by atoms with van der Waals surface area (Å²) in [6, 6.07) is 13.0. The highest BCUT2D eigenvalue weighted by Crippen LogP contribution is 2.35. The molecule has 3 aromatic carbocycles. The third-order valence-corrected chi connectivity index (χ3v) is 7.11. The molecule has 0 saturated carbocycles. The van der Waals surface area contributed by atoms with Crippen LogP contribution in [0.3, 0.4) is 0 Å². The molecule has 38 heavy (non-hydrogen) atoms. The highest BCUT2D eigenvalue weighted by atomic mass is 79.9. The van der Waals surface area contributed by atoms with E-state index in [1.165, 1.54) is 24.3 Å². The Morgan fingerprint density at radius 3 is 2.37 bits per heavy atom. The van der Waals surface area contributed by atoms with Gasteiger partial charge in [-0.3, -0.25) is 19.7 Å². The summed E-state index contributed by atoms with van der Waals surface area (Å²) in [6.45, 7) is -0.382. The number of rotatable bonds is 6. The van der Waals surface area contributed by atoms with E-state index in [1.807, 2.05) is 0 Å². The van der Waals surface area contributed by atoms with Gasteiger partial charge in [0.15, 0.2) is 6.61 Å². The number of halogens is 5. The average Bonchev–Trinajstić information content (AvgIpc) is 2.84. The van der Waals surface area contributed by atoms with E-state index in [2.05, 4.69) is 42.5 Å². The van der Waals surface area contributed by atoms with Gasteiger partial charge in [0.25, 0.3) is 17.7 Å². The minimum Gasteiger partial charge on any atom is -0.482 e. The van der Waals surface area contributed by atoms with Gasteiger partial charge in [0, 0.05) is 20.7 Å². The zero-order valence-electron chi connectivity index (χ0n) is 18.9. The molecule has 13 heteroatoms. The molecule has 5 amide bonds. The summed E-state index contributed by atoms with van der Waals surface area (Å²) in [5, 5.41) is 5.69. The van der Waals surface area contributed by atoms with Crippen LogP contribution in [-0.4, -0.2) is 30.4 Å². The van der Waals surface area contributed by atoms with Gasteiger partial charge in [-0.05, 0) is 76.6 Å². The van der Waals surface area contributed by atoms with E-state index in [0.29, 0.717) is 19.7 Å². The predicted octanol–water partition coefficient (Wildman–Crippen LogP) is 6.86. The van der Waals surface area contributed by atoms with Gasteiger partial charge >= 0.3 is 6.03 Å². The molecule has 1 heterocycles. The molecule has 1 aliphatic rings. The maximum absolute atomic E-state index is 13.3. The average molecular weight is 703 g/mol. The van der Waals surface area contributed by atoms with Crippen molar-refractivity contribution in [2.75, 3.05) is 16.8 Å². The highest BCUT2D eigenvalue weighted by Gasteiger charge is 2.37. The van der Waals surface area contributed by atoms with Crippen molar-refractivity contribution in [1.82, 2.24) is 5.32 Å². The lowest BCUT2D eigenvalue weighted by Gasteiger charge is -2.26. The number of nitrogens with zero attached hydrogens (tertiary/aromatic N) is 1. The first-order valence-corrected chi connectivity index (χ1v) is 13.3. The number of hydrogen-bond acceptors (Lipinski definition) is 5. The summed E-state index contributed by atoms with van der Waals surface area (Å²) in [4.78, 5) is 51.7. The monoisotopic (exact) mass is 699 g/mol. The van der Waals surface area contributed by atoms with E-state index in [0.717, 1.165) is 4.90 Å². The van der Waals surface area contributed by atoms with Gasteiger partial charge in [-0.15, -0.1) is 0 Å². The van der Waals surface area contributed by atoms with E-state index in [-0.39, 0.29) is 39.2 Å². The Morgan fingerprint density at radius 1 is 0.974 bits per heavy atom. The van der Waals surface area contributed by atoms with Gasteiger partial charge in [-0.2, -0.15) is 0 Å². The lowest BCUT2D eigenvalue weighted by atomic mass is 10.1. The van der Waals surface area contributed by atoms with Crippen LogP contribution in [0, 0.1) is 0 Å². The fourth-order valence-corrected chi connectivity index (χ4v) is 5.17. The topological polar surface area (TPSA) is 105 Å². The first-order valence-electron chi connectivity index (χ1n) is 10.6. The number of imide groups is 2. The number of ether oxygens (including phenoxy) is 1. The summed E-state index contributed by atoms with van der Waals surface area (Å²) < 4.78 is 6.78. The Hall–Kier alpha value is -2.89. The zero-order valence-corrected chi connectivity index (χ0v) is 24.3. The SMILES string of the molecule is O=C(COc1c(Br)cc(Br)cc1/C=C1/C(=O)NC(=O)N(c2ccc(Cl)c(Cl)c2)C1=O)Nc1ccc(Cl)cc1. The summed E-state index contributed by atoms with van der Waals surface area (Å²) in [6.07, 6.45) is 1.26. The molecule has 0 unspecified atom stereocenters. The first kappa shape index (κ1) is 28.1. The molecule has 0 radical (unpaired) electrons. The molecule has 0 spiro atoms. The van der Waals surface area contributed by atoms with Crippen LogP contribution in [-0.2, 0) is 14.4 Å². The molecular formula is C25H14Br2Cl3N3O5. The lowest BCUT2D eigenvalue weighted by Crippen LogP contribution is -2.54. The van der Waals surface area contributed by atoms with Crippen LogP contribution in [0.1, 0.15) is 5.56 Å². The zero-order chi connectivity index (χ0) is 27.6. The second kappa shape index (κ2) is 11.9. The number of benzene rings is 3. The molecule has 0 bridgehead atoms. The first-order chi connectivity index (χ1) is 18.0. The van der Waals surface area contributed by atoms with E-state index < -0.39 is 23.8 Å². The van der Waals surface area contributed by atoms with Crippen molar-refractivity contribution in [2.45, 2.75) is 0 Å². The minimum absolute atomic E-state index is 0.117. The van der Waals surface area contributed by atoms with Crippen LogP contribution in [0.25, 0.3) is 6.08 Å². The van der Waals surface area contributed by atoms with E-state index >= 15 is 0 Å². The number of nitrogens with one attached hydrogen (secondary N) is 2. The molecule has 0 aliphatic carbocycles.